The van der Waals surface area contributed by atoms with E-state index >= 15 is 0 Å². The van der Waals surface area contributed by atoms with Crippen molar-refractivity contribution >= 4 is 35.9 Å². The van der Waals surface area contributed by atoms with Crippen LogP contribution in [0.3, 0.4) is 0 Å². The monoisotopic (exact) mass is 443 g/mol. The van der Waals surface area contributed by atoms with Crippen molar-refractivity contribution in [2.24, 2.45) is 0 Å². The topological polar surface area (TPSA) is 109 Å². The van der Waals surface area contributed by atoms with E-state index in [0.717, 1.165) is 36.2 Å². The van der Waals surface area contributed by atoms with Crippen LogP contribution >= 0.6 is 12.6 Å². The lowest BCUT2D eigenvalue weighted by atomic mass is 10.0. The molecule has 9 nitrogen and oxygen atoms in total. The van der Waals surface area contributed by atoms with Gasteiger partial charge in [0.2, 0.25) is 0 Å². The average molecular weight is 444 g/mol. The second kappa shape index (κ2) is 8.41. The van der Waals surface area contributed by atoms with Crippen LogP contribution < -0.4 is 10.6 Å². The number of H-pyrrole nitrogens is 1. The Labute approximate surface area is 186 Å². The van der Waals surface area contributed by atoms with E-state index in [4.69, 9.17) is 4.74 Å². The lowest BCUT2D eigenvalue weighted by Gasteiger charge is -2.14. The largest absolute Gasteiger partial charge is 0.446 e. The van der Waals surface area contributed by atoms with Crippen LogP contribution in [-0.2, 0) is 9.48 Å². The molecule has 10 heteroatoms. The standard InChI is InChI=1S/C21H29N7O2S/c1-12(2)23-20(29)30-14-6-5-13(9-14)15-10-18(26-25-15)24-19-16-11-17(21(3,4)31)27-28(16)8-7-22-19/h7-8,10-14,31H,5-6,9H2,1-4H3,(H,23,29)(H2,22,24,25,26). The maximum atomic E-state index is 11.8. The highest BCUT2D eigenvalue weighted by atomic mass is 32.1. The van der Waals surface area contributed by atoms with E-state index in [2.05, 4.69) is 43.5 Å². The van der Waals surface area contributed by atoms with E-state index in [-0.39, 0.29) is 28.9 Å². The number of aromatic amines is 1. The predicted molar refractivity (Wildman–Crippen MR) is 122 cm³/mol. The summed E-state index contributed by atoms with van der Waals surface area (Å²) in [6.07, 6.45) is 5.66. The minimum Gasteiger partial charge on any atom is -0.446 e. The molecule has 2 unspecified atom stereocenters. The van der Waals surface area contributed by atoms with Gasteiger partial charge in [-0.3, -0.25) is 5.10 Å². The second-order valence-corrected chi connectivity index (χ2v) is 9.98. The lowest BCUT2D eigenvalue weighted by molar-refractivity contribution is 0.0981. The molecule has 1 aliphatic rings. The van der Waals surface area contributed by atoms with E-state index in [9.17, 15) is 4.79 Å². The van der Waals surface area contributed by atoms with Gasteiger partial charge in [-0.1, -0.05) is 0 Å². The smallest absolute Gasteiger partial charge is 0.407 e. The Morgan fingerprint density at radius 2 is 2.16 bits per heavy atom. The number of anilines is 2. The average Bonchev–Trinajstić information content (AvgIpc) is 3.39. The number of nitrogens with zero attached hydrogens (tertiary/aromatic N) is 4. The minimum atomic E-state index is -0.351. The van der Waals surface area contributed by atoms with Gasteiger partial charge in [-0.05, 0) is 53.0 Å². The summed E-state index contributed by atoms with van der Waals surface area (Å²) in [6, 6.07) is 4.04. The van der Waals surface area contributed by atoms with E-state index in [1.54, 1.807) is 10.7 Å². The third kappa shape index (κ3) is 4.95. The summed E-state index contributed by atoms with van der Waals surface area (Å²) in [7, 11) is 0. The van der Waals surface area contributed by atoms with Gasteiger partial charge in [0.05, 0.1) is 10.4 Å². The number of carbonyl (C=O) groups is 1. The zero-order valence-corrected chi connectivity index (χ0v) is 19.1. The van der Waals surface area contributed by atoms with Gasteiger partial charge in [0, 0.05) is 36.1 Å². The van der Waals surface area contributed by atoms with Gasteiger partial charge in [0.15, 0.2) is 11.6 Å². The molecule has 0 bridgehead atoms. The Morgan fingerprint density at radius 1 is 1.35 bits per heavy atom. The Balaban J connectivity index is 1.43. The highest BCUT2D eigenvalue weighted by molar-refractivity contribution is 7.81. The molecule has 31 heavy (non-hydrogen) atoms. The number of alkyl carbamates (subject to hydrolysis) is 1. The summed E-state index contributed by atoms with van der Waals surface area (Å²) in [5.41, 5.74) is 2.75. The normalized spacial score (nSPS) is 19.2. The van der Waals surface area contributed by atoms with Crippen molar-refractivity contribution in [3.63, 3.8) is 0 Å². The maximum Gasteiger partial charge on any atom is 0.407 e. The fraction of sp³-hybridized carbons (Fsp3) is 0.524. The number of fused-ring (bicyclic) bond motifs is 1. The number of ether oxygens (including phenoxy) is 1. The fourth-order valence-corrected chi connectivity index (χ4v) is 3.91. The number of aromatic nitrogens is 5. The van der Waals surface area contributed by atoms with Crippen molar-refractivity contribution < 1.29 is 9.53 Å². The third-order valence-electron chi connectivity index (χ3n) is 5.37. The molecule has 3 aromatic rings. The van der Waals surface area contributed by atoms with E-state index in [1.807, 2.05) is 46.0 Å². The van der Waals surface area contributed by atoms with Crippen LogP contribution in [0.2, 0.25) is 0 Å². The van der Waals surface area contributed by atoms with Crippen LogP contribution in [0.5, 0.6) is 0 Å². The molecular formula is C21H29N7O2S. The maximum absolute atomic E-state index is 11.8. The Kier molecular flexibility index (Phi) is 5.83. The van der Waals surface area contributed by atoms with E-state index in [0.29, 0.717) is 11.6 Å². The molecule has 0 spiro atoms. The molecule has 1 aliphatic carbocycles. The quantitative estimate of drug-likeness (QED) is 0.427. The number of carbonyl (C=O) groups excluding carboxylic acids is 1. The van der Waals surface area contributed by atoms with Gasteiger partial charge in [0.1, 0.15) is 11.6 Å². The molecule has 3 aromatic heterocycles. The molecule has 1 saturated carbocycles. The first-order chi connectivity index (χ1) is 14.7. The molecule has 3 heterocycles. The number of thiol groups is 1. The SMILES string of the molecule is CC(C)NC(=O)OC1CCC(c2cc(Nc3nccn4nc(C(C)(C)S)cc34)n[nH]2)C1. The summed E-state index contributed by atoms with van der Waals surface area (Å²) in [4.78, 5) is 16.3. The molecular weight excluding hydrogens is 414 g/mol. The van der Waals surface area contributed by atoms with Gasteiger partial charge in [-0.25, -0.2) is 14.3 Å². The summed E-state index contributed by atoms with van der Waals surface area (Å²) in [5, 5.41) is 18.2. The van der Waals surface area contributed by atoms with Crippen molar-refractivity contribution in [2.75, 3.05) is 5.32 Å². The first-order valence-corrected chi connectivity index (χ1v) is 11.0. The Bertz CT molecular complexity index is 1070. The summed E-state index contributed by atoms with van der Waals surface area (Å²) >= 11 is 4.62. The first kappa shape index (κ1) is 21.5. The van der Waals surface area contributed by atoms with Gasteiger partial charge in [0.25, 0.3) is 0 Å². The fourth-order valence-electron chi connectivity index (χ4n) is 3.80. The molecule has 4 rings (SSSR count). The molecule has 0 saturated heterocycles. The first-order valence-electron chi connectivity index (χ1n) is 10.6. The van der Waals surface area contributed by atoms with Crippen LogP contribution in [0.4, 0.5) is 16.4 Å². The Morgan fingerprint density at radius 3 is 2.90 bits per heavy atom. The number of hydrogen-bond donors (Lipinski definition) is 4. The number of nitrogens with one attached hydrogen (secondary N) is 3. The molecule has 0 aliphatic heterocycles. The second-order valence-electron chi connectivity index (χ2n) is 8.86. The van der Waals surface area contributed by atoms with Crippen molar-refractivity contribution in [1.29, 1.82) is 0 Å². The zero-order chi connectivity index (χ0) is 22.2. The molecule has 0 aromatic carbocycles. The number of rotatable bonds is 6. The van der Waals surface area contributed by atoms with Gasteiger partial charge >= 0.3 is 6.09 Å². The van der Waals surface area contributed by atoms with Crippen molar-refractivity contribution in [3.8, 4) is 0 Å². The molecule has 0 radical (unpaired) electrons. The highest BCUT2D eigenvalue weighted by Crippen LogP contribution is 2.36. The predicted octanol–water partition coefficient (Wildman–Crippen LogP) is 4.13. The van der Waals surface area contributed by atoms with Crippen LogP contribution in [0.1, 0.15) is 64.3 Å². The van der Waals surface area contributed by atoms with Gasteiger partial charge < -0.3 is 15.4 Å². The van der Waals surface area contributed by atoms with Crippen LogP contribution in [0.15, 0.2) is 24.5 Å². The van der Waals surface area contributed by atoms with Crippen LogP contribution in [0, 0.1) is 0 Å². The molecule has 2 atom stereocenters. The van der Waals surface area contributed by atoms with E-state index in [1.165, 1.54) is 0 Å². The lowest BCUT2D eigenvalue weighted by Crippen LogP contribution is -2.33. The van der Waals surface area contributed by atoms with Crippen molar-refractivity contribution in [1.82, 2.24) is 30.1 Å². The molecule has 1 fully saturated rings. The van der Waals surface area contributed by atoms with Gasteiger partial charge in [-0.15, -0.1) is 0 Å². The van der Waals surface area contributed by atoms with Crippen molar-refractivity contribution in [3.05, 3.63) is 35.9 Å². The summed E-state index contributed by atoms with van der Waals surface area (Å²) < 4.78 is 6.97. The number of hydrogen-bond acceptors (Lipinski definition) is 7. The third-order valence-corrected chi connectivity index (χ3v) is 5.59. The van der Waals surface area contributed by atoms with Crippen LogP contribution in [-0.4, -0.2) is 43.0 Å². The zero-order valence-electron chi connectivity index (χ0n) is 18.2. The summed E-state index contributed by atoms with van der Waals surface area (Å²) in [6.45, 7) is 7.83. The Hall–Kier alpha value is -2.75. The van der Waals surface area contributed by atoms with Crippen LogP contribution in [0.25, 0.3) is 5.52 Å². The van der Waals surface area contributed by atoms with Gasteiger partial charge in [-0.2, -0.15) is 22.8 Å². The molecule has 166 valence electrons. The summed E-state index contributed by atoms with van der Waals surface area (Å²) in [5.74, 6) is 1.63. The molecule has 1 amide bonds. The number of amides is 1. The van der Waals surface area contributed by atoms with Crippen molar-refractivity contribution in [2.45, 2.75) is 69.8 Å². The minimum absolute atomic E-state index is 0.0645. The van der Waals surface area contributed by atoms with E-state index < -0.39 is 0 Å². The highest BCUT2D eigenvalue weighted by Gasteiger charge is 2.30. The molecule has 3 N–H and O–H groups in total.